The van der Waals surface area contributed by atoms with Crippen LogP contribution in [0.15, 0.2) is 179 Å². The van der Waals surface area contributed by atoms with E-state index in [1.54, 1.807) is 0 Å². The highest BCUT2D eigenvalue weighted by molar-refractivity contribution is 6.17. The average Bonchev–Trinajstić information content (AvgIpc) is 3.83. The number of para-hydroxylation sites is 3. The molecule has 3 heterocycles. The SMILES string of the molecule is c1ccc(-n2c3ccccc3c3cc(N(c4ccc5c(c4)oc4ccccc45)c4cccc5oc6cc7ccccc7cc6c45)ccc32)cc1. The molecule has 11 rings (SSSR count). The zero-order valence-electron chi connectivity index (χ0n) is 26.9. The molecular formula is C46H28N2O2. The molecule has 0 fully saturated rings. The molecule has 11 aromatic rings. The van der Waals surface area contributed by atoms with Gasteiger partial charge in [0.25, 0.3) is 0 Å². The van der Waals surface area contributed by atoms with E-state index in [2.05, 4.69) is 167 Å². The number of benzene rings is 8. The molecule has 0 saturated heterocycles. The van der Waals surface area contributed by atoms with Crippen LogP contribution in [-0.4, -0.2) is 4.57 Å². The second-order valence-corrected chi connectivity index (χ2v) is 13.0. The number of anilines is 3. The van der Waals surface area contributed by atoms with Gasteiger partial charge in [0.05, 0.1) is 22.1 Å². The Kier molecular flexibility index (Phi) is 5.63. The molecule has 0 unspecified atom stereocenters. The molecule has 0 aliphatic rings. The zero-order chi connectivity index (χ0) is 32.8. The van der Waals surface area contributed by atoms with Crippen LogP contribution in [0.25, 0.3) is 82.1 Å². The molecule has 0 spiro atoms. The lowest BCUT2D eigenvalue weighted by molar-refractivity contribution is 0.669. The van der Waals surface area contributed by atoms with Crippen LogP contribution in [0.2, 0.25) is 0 Å². The number of aromatic nitrogens is 1. The molecule has 0 atom stereocenters. The maximum atomic E-state index is 6.56. The summed E-state index contributed by atoms with van der Waals surface area (Å²) in [6.07, 6.45) is 0. The molecule has 0 aliphatic carbocycles. The first-order valence-electron chi connectivity index (χ1n) is 16.9. The van der Waals surface area contributed by atoms with Gasteiger partial charge in [-0.25, -0.2) is 0 Å². The van der Waals surface area contributed by atoms with E-state index in [4.69, 9.17) is 8.83 Å². The minimum Gasteiger partial charge on any atom is -0.456 e. The third-order valence-corrected chi connectivity index (χ3v) is 10.1. The van der Waals surface area contributed by atoms with E-state index < -0.39 is 0 Å². The van der Waals surface area contributed by atoms with Gasteiger partial charge in [-0.2, -0.15) is 0 Å². The van der Waals surface area contributed by atoms with Gasteiger partial charge < -0.3 is 18.3 Å². The van der Waals surface area contributed by atoms with Gasteiger partial charge in [0, 0.05) is 50.1 Å². The van der Waals surface area contributed by atoms with Crippen LogP contribution >= 0.6 is 0 Å². The number of hydrogen-bond donors (Lipinski definition) is 0. The van der Waals surface area contributed by atoms with Crippen molar-refractivity contribution in [2.75, 3.05) is 4.90 Å². The Bertz CT molecular complexity index is 3110. The number of rotatable bonds is 4. The topological polar surface area (TPSA) is 34.5 Å². The fourth-order valence-electron chi connectivity index (χ4n) is 7.92. The molecule has 0 bridgehead atoms. The van der Waals surface area contributed by atoms with Crippen LogP contribution < -0.4 is 4.90 Å². The Balaban J connectivity index is 1.21. The summed E-state index contributed by atoms with van der Waals surface area (Å²) in [4.78, 5) is 2.35. The first-order valence-corrected chi connectivity index (χ1v) is 16.9. The predicted octanol–water partition coefficient (Wildman–Crippen LogP) is 13.2. The molecule has 8 aromatic carbocycles. The van der Waals surface area contributed by atoms with Crippen LogP contribution in [-0.2, 0) is 0 Å². The lowest BCUT2D eigenvalue weighted by Crippen LogP contribution is -2.10. The lowest BCUT2D eigenvalue weighted by Gasteiger charge is -2.26. The van der Waals surface area contributed by atoms with Gasteiger partial charge in [-0.05, 0) is 89.6 Å². The first kappa shape index (κ1) is 27.2. The summed E-state index contributed by atoms with van der Waals surface area (Å²) in [5, 5.41) is 9.12. The summed E-state index contributed by atoms with van der Waals surface area (Å²) >= 11 is 0. The van der Waals surface area contributed by atoms with Crippen LogP contribution in [0.3, 0.4) is 0 Å². The fourth-order valence-corrected chi connectivity index (χ4v) is 7.92. The second kappa shape index (κ2) is 10.4. The standard InChI is InChI=1S/C46H28N2O2/c1-2-13-31(14-3-1)48-39-17-8-6-15-34(39)37-27-32(22-24-40(37)48)47(33-21-23-36-35-16-7-9-19-42(35)49-45(36)28-33)41-18-10-20-43-46(41)38-25-29-11-4-5-12-30(29)26-44(38)50-43/h1-28H. The zero-order valence-corrected chi connectivity index (χ0v) is 26.9. The van der Waals surface area contributed by atoms with Crippen molar-refractivity contribution in [3.8, 4) is 5.69 Å². The molecule has 0 amide bonds. The monoisotopic (exact) mass is 640 g/mol. The van der Waals surface area contributed by atoms with E-state index in [9.17, 15) is 0 Å². The summed E-state index contributed by atoms with van der Waals surface area (Å²) in [7, 11) is 0. The molecule has 50 heavy (non-hydrogen) atoms. The van der Waals surface area contributed by atoms with Gasteiger partial charge >= 0.3 is 0 Å². The molecule has 0 N–H and O–H groups in total. The van der Waals surface area contributed by atoms with E-state index in [0.717, 1.165) is 77.5 Å². The fraction of sp³-hybridized carbons (Fsp3) is 0. The molecule has 0 radical (unpaired) electrons. The predicted molar refractivity (Wildman–Crippen MR) is 208 cm³/mol. The highest BCUT2D eigenvalue weighted by Gasteiger charge is 2.22. The quantitative estimate of drug-likeness (QED) is 0.192. The van der Waals surface area contributed by atoms with Gasteiger partial charge in [0.15, 0.2) is 0 Å². The van der Waals surface area contributed by atoms with Gasteiger partial charge in [-0.3, -0.25) is 0 Å². The van der Waals surface area contributed by atoms with Crippen molar-refractivity contribution in [2.24, 2.45) is 0 Å². The Morgan fingerprint density at radius 1 is 0.380 bits per heavy atom. The van der Waals surface area contributed by atoms with Crippen molar-refractivity contribution in [1.82, 2.24) is 4.57 Å². The smallest absolute Gasteiger partial charge is 0.137 e. The molecular weight excluding hydrogens is 613 g/mol. The van der Waals surface area contributed by atoms with E-state index in [0.29, 0.717) is 0 Å². The summed E-state index contributed by atoms with van der Waals surface area (Å²) in [6, 6.07) is 60.1. The van der Waals surface area contributed by atoms with Crippen molar-refractivity contribution in [3.05, 3.63) is 170 Å². The van der Waals surface area contributed by atoms with Crippen LogP contribution in [0, 0.1) is 0 Å². The van der Waals surface area contributed by atoms with Crippen molar-refractivity contribution in [2.45, 2.75) is 0 Å². The third kappa shape index (κ3) is 3.93. The van der Waals surface area contributed by atoms with E-state index in [1.807, 2.05) is 12.1 Å². The van der Waals surface area contributed by atoms with E-state index in [-0.39, 0.29) is 0 Å². The first-order chi connectivity index (χ1) is 24.8. The van der Waals surface area contributed by atoms with Gasteiger partial charge in [-0.15, -0.1) is 0 Å². The summed E-state index contributed by atoms with van der Waals surface area (Å²) < 4.78 is 15.4. The lowest BCUT2D eigenvalue weighted by atomic mass is 10.0. The van der Waals surface area contributed by atoms with Crippen molar-refractivity contribution >= 4 is 93.5 Å². The second-order valence-electron chi connectivity index (χ2n) is 13.0. The van der Waals surface area contributed by atoms with Crippen molar-refractivity contribution in [3.63, 3.8) is 0 Å². The summed E-state index contributed by atoms with van der Waals surface area (Å²) in [5.74, 6) is 0. The van der Waals surface area contributed by atoms with Crippen molar-refractivity contribution in [1.29, 1.82) is 0 Å². The van der Waals surface area contributed by atoms with Gasteiger partial charge in [-0.1, -0.05) is 84.9 Å². The maximum Gasteiger partial charge on any atom is 0.137 e. The Hall–Kier alpha value is -6.78. The molecule has 234 valence electrons. The van der Waals surface area contributed by atoms with E-state index in [1.165, 1.54) is 21.7 Å². The number of furan rings is 2. The normalized spacial score (nSPS) is 12.0. The average molecular weight is 641 g/mol. The minimum atomic E-state index is 0.851. The Morgan fingerprint density at radius 3 is 1.92 bits per heavy atom. The third-order valence-electron chi connectivity index (χ3n) is 10.1. The van der Waals surface area contributed by atoms with Gasteiger partial charge in [0.2, 0.25) is 0 Å². The molecule has 0 aliphatic heterocycles. The van der Waals surface area contributed by atoms with Crippen LogP contribution in [0.5, 0.6) is 0 Å². The van der Waals surface area contributed by atoms with Crippen LogP contribution in [0.1, 0.15) is 0 Å². The largest absolute Gasteiger partial charge is 0.456 e. The Morgan fingerprint density at radius 2 is 1.02 bits per heavy atom. The molecule has 4 nitrogen and oxygen atoms in total. The van der Waals surface area contributed by atoms with E-state index >= 15 is 0 Å². The minimum absolute atomic E-state index is 0.851. The highest BCUT2D eigenvalue weighted by Crippen LogP contribution is 2.46. The van der Waals surface area contributed by atoms with Gasteiger partial charge in [0.1, 0.15) is 22.3 Å². The number of hydrogen-bond acceptors (Lipinski definition) is 3. The highest BCUT2D eigenvalue weighted by atomic mass is 16.3. The summed E-state index contributed by atoms with van der Waals surface area (Å²) in [6.45, 7) is 0. The maximum absolute atomic E-state index is 6.56. The molecule has 4 heteroatoms. The van der Waals surface area contributed by atoms with Crippen molar-refractivity contribution < 1.29 is 8.83 Å². The Labute approximate surface area is 286 Å². The summed E-state index contributed by atoms with van der Waals surface area (Å²) in [5.41, 5.74) is 10.0. The number of fused-ring (bicyclic) bond motifs is 10. The van der Waals surface area contributed by atoms with Crippen LogP contribution in [0.4, 0.5) is 17.1 Å². The number of nitrogens with zero attached hydrogens (tertiary/aromatic N) is 2. The molecule has 3 aromatic heterocycles. The molecule has 0 saturated carbocycles.